The molecule has 2 N–H and O–H groups in total. The van der Waals surface area contributed by atoms with Gasteiger partial charge in [0, 0.05) is 26.0 Å². The van der Waals surface area contributed by atoms with Crippen molar-refractivity contribution in [2.75, 3.05) is 11.9 Å². The zero-order valence-electron chi connectivity index (χ0n) is 11.2. The van der Waals surface area contributed by atoms with E-state index in [2.05, 4.69) is 15.6 Å². The summed E-state index contributed by atoms with van der Waals surface area (Å²) < 4.78 is 1.40. The van der Waals surface area contributed by atoms with Crippen LogP contribution in [-0.4, -0.2) is 22.0 Å². The third kappa shape index (κ3) is 3.68. The van der Waals surface area contributed by atoms with Gasteiger partial charge in [-0.3, -0.25) is 9.59 Å². The SMILES string of the molecule is Cn1ccnc(NCC(=O)NCc2ccccc2)c1=O. The minimum Gasteiger partial charge on any atom is -0.356 e. The fraction of sp³-hybridized carbons (Fsp3) is 0.214. The van der Waals surface area contributed by atoms with E-state index in [0.717, 1.165) is 5.56 Å². The minimum atomic E-state index is -0.261. The maximum absolute atomic E-state index is 11.7. The molecule has 0 aliphatic rings. The van der Waals surface area contributed by atoms with Crippen molar-refractivity contribution in [2.24, 2.45) is 7.05 Å². The van der Waals surface area contributed by atoms with Gasteiger partial charge in [-0.1, -0.05) is 30.3 Å². The first-order valence-electron chi connectivity index (χ1n) is 6.23. The third-order valence-corrected chi connectivity index (χ3v) is 2.77. The second-order valence-corrected chi connectivity index (χ2v) is 4.31. The van der Waals surface area contributed by atoms with Crippen LogP contribution in [0.3, 0.4) is 0 Å². The number of benzene rings is 1. The van der Waals surface area contributed by atoms with Crippen LogP contribution in [0.15, 0.2) is 47.5 Å². The maximum atomic E-state index is 11.7. The highest BCUT2D eigenvalue weighted by Crippen LogP contribution is 1.97. The highest BCUT2D eigenvalue weighted by atomic mass is 16.2. The summed E-state index contributed by atoms with van der Waals surface area (Å²) in [6, 6.07) is 9.61. The van der Waals surface area contributed by atoms with Crippen LogP contribution >= 0.6 is 0 Å². The molecule has 6 heteroatoms. The van der Waals surface area contributed by atoms with Gasteiger partial charge in [-0.05, 0) is 5.56 Å². The van der Waals surface area contributed by atoms with Crippen molar-refractivity contribution in [2.45, 2.75) is 6.54 Å². The molecule has 1 amide bonds. The van der Waals surface area contributed by atoms with Gasteiger partial charge in [0.15, 0.2) is 5.82 Å². The van der Waals surface area contributed by atoms with Gasteiger partial charge >= 0.3 is 0 Å². The van der Waals surface area contributed by atoms with Crippen molar-refractivity contribution in [3.05, 3.63) is 58.6 Å². The summed E-state index contributed by atoms with van der Waals surface area (Å²) in [4.78, 5) is 27.2. The number of nitrogens with zero attached hydrogens (tertiary/aromatic N) is 2. The number of amides is 1. The molecule has 0 aliphatic carbocycles. The Morgan fingerprint density at radius 3 is 2.80 bits per heavy atom. The molecule has 0 atom stereocenters. The summed E-state index contributed by atoms with van der Waals surface area (Å²) in [7, 11) is 1.63. The molecule has 2 rings (SSSR count). The molecule has 1 aromatic carbocycles. The number of hydrogen-bond donors (Lipinski definition) is 2. The number of nitrogens with one attached hydrogen (secondary N) is 2. The number of rotatable bonds is 5. The van der Waals surface area contributed by atoms with E-state index in [4.69, 9.17) is 0 Å². The Morgan fingerprint density at radius 1 is 1.30 bits per heavy atom. The zero-order valence-corrected chi connectivity index (χ0v) is 11.2. The molecule has 0 aliphatic heterocycles. The van der Waals surface area contributed by atoms with E-state index in [-0.39, 0.29) is 23.8 Å². The zero-order chi connectivity index (χ0) is 14.4. The topological polar surface area (TPSA) is 76.0 Å². The largest absolute Gasteiger partial charge is 0.356 e. The number of hydrogen-bond acceptors (Lipinski definition) is 4. The predicted molar refractivity (Wildman–Crippen MR) is 76.3 cm³/mol. The van der Waals surface area contributed by atoms with Crippen LogP contribution in [-0.2, 0) is 18.4 Å². The lowest BCUT2D eigenvalue weighted by Gasteiger charge is -2.07. The smallest absolute Gasteiger partial charge is 0.293 e. The first-order valence-corrected chi connectivity index (χ1v) is 6.23. The van der Waals surface area contributed by atoms with Gasteiger partial charge in [0.2, 0.25) is 5.91 Å². The molecule has 2 aromatic rings. The van der Waals surface area contributed by atoms with Crippen LogP contribution in [0.1, 0.15) is 5.56 Å². The Kier molecular flexibility index (Phi) is 4.49. The molecule has 0 saturated carbocycles. The maximum Gasteiger partial charge on any atom is 0.293 e. The third-order valence-electron chi connectivity index (χ3n) is 2.77. The average Bonchev–Trinajstić information content (AvgIpc) is 2.48. The highest BCUT2D eigenvalue weighted by molar-refractivity contribution is 5.80. The second kappa shape index (κ2) is 6.51. The molecule has 1 aromatic heterocycles. The molecule has 0 bridgehead atoms. The molecular weight excluding hydrogens is 256 g/mol. The van der Waals surface area contributed by atoms with E-state index < -0.39 is 0 Å². The first kappa shape index (κ1) is 13.8. The standard InChI is InChI=1S/C14H16N4O2/c1-18-8-7-15-13(14(18)20)17-10-12(19)16-9-11-5-3-2-4-6-11/h2-8H,9-10H2,1H3,(H,15,17)(H,16,19). The molecule has 0 spiro atoms. The van der Waals surface area contributed by atoms with E-state index in [1.807, 2.05) is 30.3 Å². The summed E-state index contributed by atoms with van der Waals surface area (Å²) in [5.74, 6) is -0.0218. The summed E-state index contributed by atoms with van der Waals surface area (Å²) >= 11 is 0. The number of anilines is 1. The van der Waals surface area contributed by atoms with Gasteiger partial charge in [0.25, 0.3) is 5.56 Å². The van der Waals surface area contributed by atoms with Crippen molar-refractivity contribution in [3.63, 3.8) is 0 Å². The molecular formula is C14H16N4O2. The van der Waals surface area contributed by atoms with Gasteiger partial charge in [-0.25, -0.2) is 4.98 Å². The van der Waals surface area contributed by atoms with Crippen molar-refractivity contribution in [1.29, 1.82) is 0 Å². The number of carbonyl (C=O) groups is 1. The van der Waals surface area contributed by atoms with Crippen molar-refractivity contribution < 1.29 is 4.79 Å². The quantitative estimate of drug-likeness (QED) is 0.831. The van der Waals surface area contributed by atoms with Crippen LogP contribution in [0.25, 0.3) is 0 Å². The summed E-state index contributed by atoms with van der Waals surface area (Å²) in [6.45, 7) is 0.473. The second-order valence-electron chi connectivity index (χ2n) is 4.31. The van der Waals surface area contributed by atoms with Crippen LogP contribution < -0.4 is 16.2 Å². The lowest BCUT2D eigenvalue weighted by Crippen LogP contribution is -2.32. The Morgan fingerprint density at radius 2 is 2.05 bits per heavy atom. The Balaban J connectivity index is 1.84. The first-order chi connectivity index (χ1) is 9.66. The summed E-state index contributed by atoms with van der Waals surface area (Å²) in [5.41, 5.74) is 0.762. The minimum absolute atomic E-state index is 0.0130. The van der Waals surface area contributed by atoms with Crippen molar-refractivity contribution in [3.8, 4) is 0 Å². The van der Waals surface area contributed by atoms with E-state index in [1.165, 1.54) is 10.8 Å². The van der Waals surface area contributed by atoms with Gasteiger partial charge in [0.1, 0.15) is 0 Å². The predicted octanol–water partition coefficient (Wildman–Crippen LogP) is 0.509. The van der Waals surface area contributed by atoms with Crippen molar-refractivity contribution in [1.82, 2.24) is 14.9 Å². The van der Waals surface area contributed by atoms with E-state index in [0.29, 0.717) is 6.54 Å². The summed E-state index contributed by atoms with van der Waals surface area (Å²) in [6.07, 6.45) is 3.06. The van der Waals surface area contributed by atoms with Crippen LogP contribution in [0, 0.1) is 0 Å². The molecule has 1 heterocycles. The molecule has 0 fully saturated rings. The Bertz CT molecular complexity index is 637. The molecule has 0 radical (unpaired) electrons. The molecule has 20 heavy (non-hydrogen) atoms. The number of aryl methyl sites for hydroxylation is 1. The van der Waals surface area contributed by atoms with Gasteiger partial charge < -0.3 is 15.2 Å². The van der Waals surface area contributed by atoms with Gasteiger partial charge in [-0.15, -0.1) is 0 Å². The fourth-order valence-corrected chi connectivity index (χ4v) is 1.64. The van der Waals surface area contributed by atoms with E-state index >= 15 is 0 Å². The lowest BCUT2D eigenvalue weighted by atomic mass is 10.2. The highest BCUT2D eigenvalue weighted by Gasteiger charge is 2.05. The van der Waals surface area contributed by atoms with Crippen molar-refractivity contribution >= 4 is 11.7 Å². The van der Waals surface area contributed by atoms with Crippen LogP contribution in [0.4, 0.5) is 5.82 Å². The number of carbonyl (C=O) groups excluding carboxylic acids is 1. The fourth-order valence-electron chi connectivity index (χ4n) is 1.64. The normalized spacial score (nSPS) is 10.1. The lowest BCUT2D eigenvalue weighted by molar-refractivity contribution is -0.119. The Hall–Kier alpha value is -2.63. The monoisotopic (exact) mass is 272 g/mol. The molecule has 0 saturated heterocycles. The molecule has 104 valence electrons. The molecule has 6 nitrogen and oxygen atoms in total. The Labute approximate surface area is 116 Å². The van der Waals surface area contributed by atoms with Gasteiger partial charge in [0.05, 0.1) is 6.54 Å². The van der Waals surface area contributed by atoms with E-state index in [9.17, 15) is 9.59 Å². The van der Waals surface area contributed by atoms with Gasteiger partial charge in [-0.2, -0.15) is 0 Å². The average molecular weight is 272 g/mol. The van der Waals surface area contributed by atoms with Crippen LogP contribution in [0.5, 0.6) is 0 Å². The molecule has 0 unspecified atom stereocenters. The van der Waals surface area contributed by atoms with E-state index in [1.54, 1.807) is 13.2 Å². The summed E-state index contributed by atoms with van der Waals surface area (Å²) in [5, 5.41) is 5.50. The number of aromatic nitrogens is 2. The van der Waals surface area contributed by atoms with Crippen LogP contribution in [0.2, 0.25) is 0 Å².